The van der Waals surface area contributed by atoms with Gasteiger partial charge in [0.25, 0.3) is 5.91 Å². The van der Waals surface area contributed by atoms with Crippen molar-refractivity contribution >= 4 is 5.91 Å². The predicted octanol–water partition coefficient (Wildman–Crippen LogP) is 3.18. The van der Waals surface area contributed by atoms with Crippen molar-refractivity contribution in [2.24, 2.45) is 0 Å². The zero-order valence-corrected chi connectivity index (χ0v) is 13.1. The van der Waals surface area contributed by atoms with Crippen LogP contribution in [0.2, 0.25) is 0 Å². The van der Waals surface area contributed by atoms with Gasteiger partial charge in [-0.05, 0) is 37.1 Å². The number of nitrogens with one attached hydrogen (secondary N) is 1. The van der Waals surface area contributed by atoms with Gasteiger partial charge < -0.3 is 14.6 Å². The summed E-state index contributed by atoms with van der Waals surface area (Å²) >= 11 is 0. The van der Waals surface area contributed by atoms with Gasteiger partial charge in [0, 0.05) is 12.5 Å². The number of hydrogen-bond acceptors (Lipinski definition) is 5. The Kier molecular flexibility index (Phi) is 4.46. The molecule has 0 aliphatic heterocycles. The molecule has 0 saturated heterocycles. The Morgan fingerprint density at radius 3 is 2.50 bits per heavy atom. The molecule has 1 aromatic carbocycles. The lowest BCUT2D eigenvalue weighted by molar-refractivity contribution is -0.0498. The number of nitrogens with zero attached hydrogens (tertiary/aromatic N) is 2. The summed E-state index contributed by atoms with van der Waals surface area (Å²) in [6.45, 7) is -1.20. The van der Waals surface area contributed by atoms with Crippen molar-refractivity contribution in [1.82, 2.24) is 15.5 Å². The van der Waals surface area contributed by atoms with E-state index < -0.39 is 12.2 Å². The summed E-state index contributed by atoms with van der Waals surface area (Å²) in [4.78, 5) is 16.8. The number of halogens is 2. The molecule has 1 saturated carbocycles. The predicted molar refractivity (Wildman–Crippen MR) is 79.7 cm³/mol. The SMILES string of the molecule is Cc1nc(C2(NC(=O)c3ccc(OC(F)F)cc3)CCCC2)no1. The smallest absolute Gasteiger partial charge is 0.387 e. The minimum absolute atomic E-state index is 0.00548. The Bertz CT molecular complexity index is 710. The van der Waals surface area contributed by atoms with Gasteiger partial charge in [0.15, 0.2) is 5.82 Å². The molecule has 6 nitrogen and oxygen atoms in total. The van der Waals surface area contributed by atoms with Crippen LogP contribution in [0.3, 0.4) is 0 Å². The number of ether oxygens (including phenoxy) is 1. The van der Waals surface area contributed by atoms with Crippen LogP contribution < -0.4 is 10.1 Å². The van der Waals surface area contributed by atoms with E-state index in [1.807, 2.05) is 0 Å². The Hall–Kier alpha value is -2.51. The first-order valence-electron chi connectivity index (χ1n) is 7.67. The minimum Gasteiger partial charge on any atom is -0.435 e. The number of benzene rings is 1. The van der Waals surface area contributed by atoms with Crippen molar-refractivity contribution < 1.29 is 22.8 Å². The second-order valence-electron chi connectivity index (χ2n) is 5.78. The standard InChI is InChI=1S/C16H17F2N3O3/c1-10-19-14(21-24-10)16(8-2-3-9-16)20-13(22)11-4-6-12(7-5-11)23-15(17)18/h4-7,15H,2-3,8-9H2,1H3,(H,20,22). The van der Waals surface area contributed by atoms with Crippen LogP contribution in [0.25, 0.3) is 0 Å². The summed E-state index contributed by atoms with van der Waals surface area (Å²) in [5.74, 6) is 0.608. The Morgan fingerprint density at radius 1 is 1.29 bits per heavy atom. The van der Waals surface area contributed by atoms with E-state index in [-0.39, 0.29) is 11.7 Å². The molecule has 1 aliphatic carbocycles. The van der Waals surface area contributed by atoms with Crippen LogP contribution in [0.5, 0.6) is 5.75 Å². The van der Waals surface area contributed by atoms with Gasteiger partial charge in [-0.1, -0.05) is 18.0 Å². The molecule has 1 aromatic heterocycles. The van der Waals surface area contributed by atoms with Crippen molar-refractivity contribution in [1.29, 1.82) is 0 Å². The first-order chi connectivity index (χ1) is 11.5. The quantitative estimate of drug-likeness (QED) is 0.907. The maximum absolute atomic E-state index is 12.5. The van der Waals surface area contributed by atoms with E-state index >= 15 is 0 Å². The van der Waals surface area contributed by atoms with Gasteiger partial charge in [0.05, 0.1) is 0 Å². The van der Waals surface area contributed by atoms with E-state index in [1.165, 1.54) is 24.3 Å². The largest absolute Gasteiger partial charge is 0.435 e. The summed E-state index contributed by atoms with van der Waals surface area (Å²) < 4.78 is 33.7. The van der Waals surface area contributed by atoms with Gasteiger partial charge in [-0.3, -0.25) is 4.79 Å². The van der Waals surface area contributed by atoms with E-state index in [4.69, 9.17) is 4.52 Å². The van der Waals surface area contributed by atoms with Crippen molar-refractivity contribution in [2.45, 2.75) is 44.8 Å². The Morgan fingerprint density at radius 2 is 1.96 bits per heavy atom. The second-order valence-corrected chi connectivity index (χ2v) is 5.78. The van der Waals surface area contributed by atoms with E-state index in [2.05, 4.69) is 20.2 Å². The highest BCUT2D eigenvalue weighted by Crippen LogP contribution is 2.37. The van der Waals surface area contributed by atoms with Gasteiger partial charge >= 0.3 is 6.61 Å². The fraction of sp³-hybridized carbons (Fsp3) is 0.438. The second kappa shape index (κ2) is 6.54. The average Bonchev–Trinajstić information content (AvgIpc) is 3.17. The molecule has 2 aromatic rings. The summed E-state index contributed by atoms with van der Waals surface area (Å²) in [5.41, 5.74) is -0.296. The Labute approximate surface area is 137 Å². The summed E-state index contributed by atoms with van der Waals surface area (Å²) in [6.07, 6.45) is 3.36. The van der Waals surface area contributed by atoms with Crippen molar-refractivity contribution in [3.8, 4) is 5.75 Å². The molecular weight excluding hydrogens is 320 g/mol. The molecule has 0 unspecified atom stereocenters. The number of rotatable bonds is 5. The molecule has 1 aliphatic rings. The number of carbonyl (C=O) groups is 1. The lowest BCUT2D eigenvalue weighted by Crippen LogP contribution is -2.44. The first-order valence-corrected chi connectivity index (χ1v) is 7.67. The maximum Gasteiger partial charge on any atom is 0.387 e. The maximum atomic E-state index is 12.5. The van der Waals surface area contributed by atoms with E-state index in [0.717, 1.165) is 25.7 Å². The molecule has 1 fully saturated rings. The summed E-state index contributed by atoms with van der Waals surface area (Å²) in [5, 5.41) is 6.94. The number of amides is 1. The monoisotopic (exact) mass is 337 g/mol. The average molecular weight is 337 g/mol. The summed E-state index contributed by atoms with van der Waals surface area (Å²) in [7, 11) is 0. The van der Waals surface area contributed by atoms with Crippen LogP contribution in [0, 0.1) is 6.92 Å². The summed E-state index contributed by atoms with van der Waals surface area (Å²) in [6, 6.07) is 5.55. The fourth-order valence-electron chi connectivity index (χ4n) is 2.95. The molecule has 3 rings (SSSR count). The van der Waals surface area contributed by atoms with E-state index in [9.17, 15) is 13.6 Å². The number of carbonyl (C=O) groups excluding carboxylic acids is 1. The fourth-order valence-corrected chi connectivity index (χ4v) is 2.95. The molecule has 1 amide bonds. The van der Waals surface area contributed by atoms with Crippen LogP contribution in [-0.2, 0) is 5.54 Å². The van der Waals surface area contributed by atoms with Crippen LogP contribution in [0.1, 0.15) is 47.8 Å². The lowest BCUT2D eigenvalue weighted by Gasteiger charge is -2.26. The first kappa shape index (κ1) is 16.4. The van der Waals surface area contributed by atoms with Gasteiger partial charge in [0.2, 0.25) is 5.89 Å². The molecule has 0 radical (unpaired) electrons. The number of hydrogen-bond donors (Lipinski definition) is 1. The molecule has 0 atom stereocenters. The lowest BCUT2D eigenvalue weighted by atomic mass is 9.96. The minimum atomic E-state index is -2.90. The van der Waals surface area contributed by atoms with Crippen LogP contribution >= 0.6 is 0 Å². The van der Waals surface area contributed by atoms with Crippen LogP contribution in [0.4, 0.5) is 8.78 Å². The molecule has 1 heterocycles. The van der Waals surface area contributed by atoms with Crippen molar-refractivity contribution in [2.75, 3.05) is 0 Å². The molecule has 0 spiro atoms. The van der Waals surface area contributed by atoms with Crippen molar-refractivity contribution in [3.63, 3.8) is 0 Å². The van der Waals surface area contributed by atoms with E-state index in [0.29, 0.717) is 17.3 Å². The van der Waals surface area contributed by atoms with Gasteiger partial charge in [-0.15, -0.1) is 0 Å². The molecule has 0 bridgehead atoms. The molecule has 128 valence electrons. The highest BCUT2D eigenvalue weighted by Gasteiger charge is 2.41. The Balaban J connectivity index is 1.77. The molecule has 1 N–H and O–H groups in total. The number of alkyl halides is 2. The van der Waals surface area contributed by atoms with Gasteiger partial charge in [-0.2, -0.15) is 13.8 Å². The zero-order chi connectivity index (χ0) is 17.2. The number of aryl methyl sites for hydroxylation is 1. The van der Waals surface area contributed by atoms with Crippen molar-refractivity contribution in [3.05, 3.63) is 41.5 Å². The molecule has 8 heteroatoms. The molecule has 24 heavy (non-hydrogen) atoms. The highest BCUT2D eigenvalue weighted by molar-refractivity contribution is 5.94. The van der Waals surface area contributed by atoms with Crippen LogP contribution in [0.15, 0.2) is 28.8 Å². The third-order valence-electron chi connectivity index (χ3n) is 4.11. The zero-order valence-electron chi connectivity index (χ0n) is 13.1. The highest BCUT2D eigenvalue weighted by atomic mass is 19.3. The number of aromatic nitrogens is 2. The topological polar surface area (TPSA) is 77.2 Å². The van der Waals surface area contributed by atoms with E-state index in [1.54, 1.807) is 6.92 Å². The van der Waals surface area contributed by atoms with Gasteiger partial charge in [0.1, 0.15) is 11.3 Å². The molecular formula is C16H17F2N3O3. The van der Waals surface area contributed by atoms with Crippen LogP contribution in [-0.4, -0.2) is 22.7 Å². The third-order valence-corrected chi connectivity index (χ3v) is 4.11. The van der Waals surface area contributed by atoms with Gasteiger partial charge in [-0.25, -0.2) is 0 Å². The third kappa shape index (κ3) is 3.37. The normalized spacial score (nSPS) is 16.3.